The van der Waals surface area contributed by atoms with E-state index in [1.807, 2.05) is 4.90 Å². The Kier molecular flexibility index (Phi) is 5.18. The van der Waals surface area contributed by atoms with Gasteiger partial charge in [0.1, 0.15) is 0 Å². The van der Waals surface area contributed by atoms with Crippen LogP contribution in [0.2, 0.25) is 5.02 Å². The zero-order chi connectivity index (χ0) is 16.2. The zero-order valence-corrected chi connectivity index (χ0v) is 13.9. The van der Waals surface area contributed by atoms with Gasteiger partial charge in [-0.2, -0.15) is 0 Å². The average Bonchev–Trinajstić information content (AvgIpc) is 3.11. The highest BCUT2D eigenvalue weighted by atomic mass is 35.5. The maximum atomic E-state index is 12.7. The maximum Gasteiger partial charge on any atom is 0.256 e. The van der Waals surface area contributed by atoms with Gasteiger partial charge in [0.25, 0.3) is 5.91 Å². The second kappa shape index (κ2) is 7.32. The van der Waals surface area contributed by atoms with Gasteiger partial charge in [-0.15, -0.1) is 0 Å². The van der Waals surface area contributed by atoms with E-state index in [9.17, 15) is 9.59 Å². The maximum absolute atomic E-state index is 12.7. The van der Waals surface area contributed by atoms with Crippen LogP contribution in [0.1, 0.15) is 36.0 Å². The highest BCUT2D eigenvalue weighted by molar-refractivity contribution is 6.31. The number of nitrogens with zero attached hydrogens (tertiary/aromatic N) is 1. The predicted octanol–water partition coefficient (Wildman–Crippen LogP) is 2.51. The first-order valence-corrected chi connectivity index (χ1v) is 8.63. The highest BCUT2D eigenvalue weighted by Gasteiger charge is 2.25. The van der Waals surface area contributed by atoms with E-state index in [0.29, 0.717) is 16.3 Å². The van der Waals surface area contributed by atoms with E-state index in [1.54, 1.807) is 18.2 Å². The summed E-state index contributed by atoms with van der Waals surface area (Å²) in [5.41, 5.74) is 1.05. The summed E-state index contributed by atoms with van der Waals surface area (Å²) in [6.07, 6.45) is 3.72. The van der Waals surface area contributed by atoms with Gasteiger partial charge in [0.2, 0.25) is 5.91 Å². The highest BCUT2D eigenvalue weighted by Crippen LogP contribution is 2.25. The summed E-state index contributed by atoms with van der Waals surface area (Å²) < 4.78 is 0. The second-order valence-corrected chi connectivity index (χ2v) is 6.64. The molecule has 0 bridgehead atoms. The third-order valence-electron chi connectivity index (χ3n) is 4.57. The first-order valence-electron chi connectivity index (χ1n) is 8.25. The van der Waals surface area contributed by atoms with Crippen molar-refractivity contribution in [2.45, 2.75) is 25.7 Å². The van der Waals surface area contributed by atoms with E-state index in [1.165, 1.54) is 0 Å². The number of carbonyl (C=O) groups excluding carboxylic acids is 2. The molecule has 0 unspecified atom stereocenters. The van der Waals surface area contributed by atoms with Crippen molar-refractivity contribution in [3.63, 3.8) is 0 Å². The summed E-state index contributed by atoms with van der Waals surface area (Å²) in [6, 6.07) is 5.09. The van der Waals surface area contributed by atoms with Crippen molar-refractivity contribution in [3.8, 4) is 0 Å². The second-order valence-electron chi connectivity index (χ2n) is 6.20. The number of anilines is 1. The Bertz CT molecular complexity index is 594. The van der Waals surface area contributed by atoms with Crippen LogP contribution in [-0.2, 0) is 4.79 Å². The van der Waals surface area contributed by atoms with Crippen LogP contribution in [0.15, 0.2) is 18.2 Å². The van der Waals surface area contributed by atoms with Crippen molar-refractivity contribution in [1.29, 1.82) is 0 Å². The number of carbonyl (C=O) groups is 2. The molecule has 0 spiro atoms. The number of piperidine rings is 1. The van der Waals surface area contributed by atoms with Gasteiger partial charge in [-0.3, -0.25) is 9.59 Å². The Morgan fingerprint density at radius 3 is 2.57 bits per heavy atom. The van der Waals surface area contributed by atoms with Gasteiger partial charge in [0.05, 0.1) is 11.3 Å². The molecule has 0 atom stereocenters. The average molecular weight is 336 g/mol. The van der Waals surface area contributed by atoms with Crippen LogP contribution in [-0.4, -0.2) is 42.9 Å². The lowest BCUT2D eigenvalue weighted by Gasteiger charge is -2.23. The Balaban J connectivity index is 1.78. The summed E-state index contributed by atoms with van der Waals surface area (Å²) in [5.74, 6) is -0.0587. The number of nitrogens with one attached hydrogen (secondary N) is 2. The molecule has 124 valence electrons. The Morgan fingerprint density at radius 1 is 1.17 bits per heavy atom. The van der Waals surface area contributed by atoms with Gasteiger partial charge in [-0.1, -0.05) is 11.6 Å². The molecule has 6 heteroatoms. The number of rotatable bonds is 3. The largest absolute Gasteiger partial charge is 0.339 e. The van der Waals surface area contributed by atoms with E-state index in [4.69, 9.17) is 11.6 Å². The van der Waals surface area contributed by atoms with Gasteiger partial charge < -0.3 is 15.5 Å². The third-order valence-corrected chi connectivity index (χ3v) is 4.81. The molecule has 2 fully saturated rings. The van der Waals surface area contributed by atoms with Crippen LogP contribution >= 0.6 is 11.6 Å². The number of benzene rings is 1. The summed E-state index contributed by atoms with van der Waals surface area (Å²) in [5, 5.41) is 6.70. The molecule has 23 heavy (non-hydrogen) atoms. The van der Waals surface area contributed by atoms with Crippen LogP contribution in [0, 0.1) is 5.92 Å². The number of halogens is 1. The Morgan fingerprint density at radius 2 is 1.87 bits per heavy atom. The fourth-order valence-electron chi connectivity index (χ4n) is 3.21. The fourth-order valence-corrected chi connectivity index (χ4v) is 3.38. The molecule has 3 rings (SSSR count). The predicted molar refractivity (Wildman–Crippen MR) is 90.8 cm³/mol. The van der Waals surface area contributed by atoms with Crippen LogP contribution < -0.4 is 10.6 Å². The monoisotopic (exact) mass is 335 g/mol. The van der Waals surface area contributed by atoms with E-state index in [-0.39, 0.29) is 17.7 Å². The Labute approximate surface area is 141 Å². The van der Waals surface area contributed by atoms with Crippen molar-refractivity contribution in [1.82, 2.24) is 10.2 Å². The van der Waals surface area contributed by atoms with Crippen LogP contribution in [0.3, 0.4) is 0 Å². The summed E-state index contributed by atoms with van der Waals surface area (Å²) in [7, 11) is 0. The van der Waals surface area contributed by atoms with E-state index in [2.05, 4.69) is 10.6 Å². The zero-order valence-electron chi connectivity index (χ0n) is 13.1. The summed E-state index contributed by atoms with van der Waals surface area (Å²) >= 11 is 6.06. The number of amides is 2. The van der Waals surface area contributed by atoms with Crippen LogP contribution in [0.5, 0.6) is 0 Å². The SMILES string of the molecule is O=C(Nc1ccc(Cl)cc1C(=O)N1CCCC1)C1CCNCC1. The molecular formula is C17H22ClN3O2. The minimum absolute atomic E-state index is 0.00154. The molecular weight excluding hydrogens is 314 g/mol. The van der Waals surface area contributed by atoms with E-state index in [0.717, 1.165) is 51.9 Å². The molecule has 1 aromatic carbocycles. The van der Waals surface area contributed by atoms with Gasteiger partial charge in [-0.25, -0.2) is 0 Å². The summed E-state index contributed by atoms with van der Waals surface area (Å²) in [6.45, 7) is 3.26. The molecule has 2 saturated heterocycles. The minimum Gasteiger partial charge on any atom is -0.339 e. The molecule has 0 radical (unpaired) electrons. The van der Waals surface area contributed by atoms with Crippen molar-refractivity contribution in [2.24, 2.45) is 5.92 Å². The number of likely N-dealkylation sites (tertiary alicyclic amines) is 1. The van der Waals surface area contributed by atoms with Gasteiger partial charge in [-0.05, 0) is 57.0 Å². The number of hydrogen-bond donors (Lipinski definition) is 2. The first-order chi connectivity index (χ1) is 11.1. The molecule has 2 amide bonds. The fraction of sp³-hybridized carbons (Fsp3) is 0.529. The molecule has 0 aliphatic carbocycles. The summed E-state index contributed by atoms with van der Waals surface area (Å²) in [4.78, 5) is 27.0. The standard InChI is InChI=1S/C17H22ClN3O2/c18-13-3-4-15(20-16(22)12-5-7-19-8-6-12)14(11-13)17(23)21-9-1-2-10-21/h3-4,11-12,19H,1-2,5-10H2,(H,20,22). The molecule has 2 heterocycles. The molecule has 0 saturated carbocycles. The van der Waals surface area contributed by atoms with Crippen LogP contribution in [0.25, 0.3) is 0 Å². The van der Waals surface area contributed by atoms with Crippen molar-refractivity contribution in [3.05, 3.63) is 28.8 Å². The molecule has 1 aromatic rings. The minimum atomic E-state index is -0.0504. The molecule has 2 N–H and O–H groups in total. The first kappa shape index (κ1) is 16.3. The lowest BCUT2D eigenvalue weighted by atomic mass is 9.97. The number of hydrogen-bond acceptors (Lipinski definition) is 3. The van der Waals surface area contributed by atoms with Gasteiger partial charge >= 0.3 is 0 Å². The normalized spacial score (nSPS) is 18.9. The lowest BCUT2D eigenvalue weighted by molar-refractivity contribution is -0.120. The topological polar surface area (TPSA) is 61.4 Å². The van der Waals surface area contributed by atoms with E-state index < -0.39 is 0 Å². The Hall–Kier alpha value is -1.59. The lowest BCUT2D eigenvalue weighted by Crippen LogP contribution is -2.35. The molecule has 0 aromatic heterocycles. The molecule has 2 aliphatic heterocycles. The van der Waals surface area contributed by atoms with Gasteiger partial charge in [0, 0.05) is 24.0 Å². The molecule has 5 nitrogen and oxygen atoms in total. The quantitative estimate of drug-likeness (QED) is 0.892. The third kappa shape index (κ3) is 3.85. The smallest absolute Gasteiger partial charge is 0.256 e. The van der Waals surface area contributed by atoms with Gasteiger partial charge in [0.15, 0.2) is 0 Å². The van der Waals surface area contributed by atoms with Crippen molar-refractivity contribution < 1.29 is 9.59 Å². The van der Waals surface area contributed by atoms with Crippen molar-refractivity contribution >= 4 is 29.1 Å². The molecule has 2 aliphatic rings. The van der Waals surface area contributed by atoms with E-state index >= 15 is 0 Å². The van der Waals surface area contributed by atoms with Crippen LogP contribution in [0.4, 0.5) is 5.69 Å². The van der Waals surface area contributed by atoms with Crippen molar-refractivity contribution in [2.75, 3.05) is 31.5 Å².